The van der Waals surface area contributed by atoms with Gasteiger partial charge in [-0.15, -0.1) is 0 Å². The summed E-state index contributed by atoms with van der Waals surface area (Å²) in [4.78, 5) is 26.7. The van der Waals surface area contributed by atoms with Crippen molar-refractivity contribution in [1.29, 1.82) is 0 Å². The highest BCUT2D eigenvalue weighted by atomic mass is 16.6. The number of amides is 1. The molecule has 0 aliphatic carbocycles. The van der Waals surface area contributed by atoms with Gasteiger partial charge in [-0.05, 0) is 45.3 Å². The van der Waals surface area contributed by atoms with Crippen LogP contribution in [0.25, 0.3) is 5.57 Å². The Labute approximate surface area is 167 Å². The van der Waals surface area contributed by atoms with Crippen molar-refractivity contribution in [3.63, 3.8) is 0 Å². The van der Waals surface area contributed by atoms with Crippen LogP contribution in [0.15, 0.2) is 29.3 Å². The van der Waals surface area contributed by atoms with Gasteiger partial charge in [0.05, 0.1) is 6.54 Å². The Bertz CT molecular complexity index is 844. The zero-order valence-electron chi connectivity index (χ0n) is 18.1. The lowest BCUT2D eigenvalue weighted by Gasteiger charge is -2.32. The fraction of sp³-hybridized carbons (Fsp3) is 0.545. The zero-order chi connectivity index (χ0) is 21.1. The van der Waals surface area contributed by atoms with Crippen molar-refractivity contribution < 1.29 is 9.53 Å². The van der Waals surface area contributed by atoms with Gasteiger partial charge in [-0.2, -0.15) is 0 Å². The molecule has 1 unspecified atom stereocenters. The summed E-state index contributed by atoms with van der Waals surface area (Å²) in [6, 6.07) is 0.278. The Morgan fingerprint density at radius 3 is 2.50 bits per heavy atom. The first-order valence-corrected chi connectivity index (χ1v) is 10.00. The van der Waals surface area contributed by atoms with Crippen molar-refractivity contribution in [2.24, 2.45) is 7.05 Å². The molecule has 0 saturated heterocycles. The molecule has 3 rings (SSSR count). The van der Waals surface area contributed by atoms with Gasteiger partial charge in [-0.1, -0.05) is 26.0 Å². The molecular weight excluding hydrogens is 354 g/mol. The highest BCUT2D eigenvalue weighted by molar-refractivity contribution is 5.78. The van der Waals surface area contributed by atoms with Gasteiger partial charge in [0.2, 0.25) is 0 Å². The molecule has 0 radical (unpaired) electrons. The first-order chi connectivity index (χ1) is 13.2. The Morgan fingerprint density at radius 2 is 1.93 bits per heavy atom. The molecule has 1 atom stereocenters. The third kappa shape index (κ3) is 4.86. The van der Waals surface area contributed by atoms with Crippen molar-refractivity contribution in [3.05, 3.63) is 51.6 Å². The molecule has 1 aromatic rings. The molecular formula is C22H33N3O3. The first-order valence-electron chi connectivity index (χ1n) is 10.00. The van der Waals surface area contributed by atoms with E-state index in [4.69, 9.17) is 4.74 Å². The number of fused-ring (bicyclic) bond motifs is 1. The molecule has 6 heteroatoms. The third-order valence-electron chi connectivity index (χ3n) is 4.60. The summed E-state index contributed by atoms with van der Waals surface area (Å²) >= 11 is 0. The fourth-order valence-electron chi connectivity index (χ4n) is 3.26. The van der Waals surface area contributed by atoms with Crippen molar-refractivity contribution in [2.75, 3.05) is 6.54 Å². The minimum absolute atomic E-state index is 0.00862. The van der Waals surface area contributed by atoms with Gasteiger partial charge in [0, 0.05) is 43.2 Å². The highest BCUT2D eigenvalue weighted by Crippen LogP contribution is 2.28. The number of aromatic nitrogens is 1. The van der Waals surface area contributed by atoms with Crippen molar-refractivity contribution >= 4 is 11.7 Å². The largest absolute Gasteiger partial charge is 0.444 e. The van der Waals surface area contributed by atoms with E-state index in [1.807, 2.05) is 47.0 Å². The second kappa shape index (κ2) is 8.67. The number of carbonyl (C=O) groups excluding carboxylic acids is 1. The predicted octanol–water partition coefficient (Wildman–Crippen LogP) is 3.59. The maximum absolute atomic E-state index is 12.6. The van der Waals surface area contributed by atoms with Gasteiger partial charge in [0.15, 0.2) is 0 Å². The maximum atomic E-state index is 12.6. The number of nitrogens with zero attached hydrogens (tertiary/aromatic N) is 2. The lowest BCUT2D eigenvalue weighted by atomic mass is 9.92. The van der Waals surface area contributed by atoms with Crippen LogP contribution in [-0.4, -0.2) is 33.7 Å². The quantitative estimate of drug-likeness (QED) is 0.800. The Hall–Kier alpha value is -2.50. The third-order valence-corrected chi connectivity index (χ3v) is 4.60. The van der Waals surface area contributed by atoms with Gasteiger partial charge in [-0.25, -0.2) is 4.79 Å². The standard InChI is InChI=1S/C20H27N3O3.C2H6/c1-13-6-7-14(10-21-13)16-11-22(5)18(24)15-8-9-23(12-17(15)16)19(25)26-20(2,3)4;1-2/h6-7,10-11,13,21H,8-9,12H2,1-5H3;1-2H3. The maximum Gasteiger partial charge on any atom is 0.410 e. The summed E-state index contributed by atoms with van der Waals surface area (Å²) in [5.41, 5.74) is 3.17. The molecule has 154 valence electrons. The molecule has 1 N–H and O–H groups in total. The van der Waals surface area contributed by atoms with E-state index in [1.54, 1.807) is 16.5 Å². The molecule has 6 nitrogen and oxygen atoms in total. The van der Waals surface area contributed by atoms with E-state index in [1.165, 1.54) is 0 Å². The van der Waals surface area contributed by atoms with Crippen molar-refractivity contribution in [1.82, 2.24) is 14.8 Å². The second-order valence-corrected chi connectivity index (χ2v) is 7.98. The van der Waals surface area contributed by atoms with Gasteiger partial charge in [0.25, 0.3) is 5.56 Å². The van der Waals surface area contributed by atoms with Crippen LogP contribution in [0.4, 0.5) is 4.79 Å². The van der Waals surface area contributed by atoms with E-state index in [2.05, 4.69) is 24.4 Å². The number of pyridine rings is 1. The van der Waals surface area contributed by atoms with Crippen LogP contribution in [0.3, 0.4) is 0 Å². The van der Waals surface area contributed by atoms with Crippen molar-refractivity contribution in [2.45, 2.75) is 66.2 Å². The molecule has 0 aromatic carbocycles. The number of nitrogens with one attached hydrogen (secondary N) is 1. The molecule has 0 bridgehead atoms. The van der Waals surface area contributed by atoms with Crippen molar-refractivity contribution in [3.8, 4) is 0 Å². The number of hydrogen-bond acceptors (Lipinski definition) is 4. The predicted molar refractivity (Wildman–Crippen MR) is 113 cm³/mol. The van der Waals surface area contributed by atoms with Crippen LogP contribution in [0.5, 0.6) is 0 Å². The minimum Gasteiger partial charge on any atom is -0.444 e. The summed E-state index contributed by atoms with van der Waals surface area (Å²) < 4.78 is 7.14. The van der Waals surface area contributed by atoms with Crippen LogP contribution >= 0.6 is 0 Å². The number of dihydropyridines is 1. The van der Waals surface area contributed by atoms with Gasteiger partial charge in [0.1, 0.15) is 5.60 Å². The number of aryl methyl sites for hydroxylation is 1. The molecule has 2 aliphatic rings. The summed E-state index contributed by atoms with van der Waals surface area (Å²) in [5, 5.41) is 3.30. The smallest absolute Gasteiger partial charge is 0.410 e. The number of carbonyl (C=O) groups is 1. The SMILES string of the molecule is CC.CC1C=CC(c2cn(C)c(=O)c3c2CN(C(=O)OC(C)(C)C)CC3)=CN1. The molecule has 0 spiro atoms. The summed E-state index contributed by atoms with van der Waals surface area (Å²) in [7, 11) is 1.77. The van der Waals surface area contributed by atoms with Gasteiger partial charge in [-0.3, -0.25) is 4.79 Å². The van der Waals surface area contributed by atoms with E-state index in [-0.39, 0.29) is 17.7 Å². The summed E-state index contributed by atoms with van der Waals surface area (Å²) in [6.45, 7) is 12.5. The van der Waals surface area contributed by atoms with Gasteiger partial charge >= 0.3 is 6.09 Å². The van der Waals surface area contributed by atoms with E-state index >= 15 is 0 Å². The molecule has 28 heavy (non-hydrogen) atoms. The lowest BCUT2D eigenvalue weighted by Crippen LogP contribution is -2.42. The van der Waals surface area contributed by atoms with Crippen LogP contribution in [0.2, 0.25) is 0 Å². The van der Waals surface area contributed by atoms with Crippen LogP contribution in [0, 0.1) is 0 Å². The summed E-state index contributed by atoms with van der Waals surface area (Å²) in [6.07, 6.45) is 8.17. The molecule has 3 heterocycles. The van der Waals surface area contributed by atoms with E-state index < -0.39 is 5.60 Å². The Kier molecular flexibility index (Phi) is 6.75. The number of rotatable bonds is 1. The number of hydrogen-bond donors (Lipinski definition) is 1. The monoisotopic (exact) mass is 387 g/mol. The molecule has 2 aliphatic heterocycles. The number of ether oxygens (including phenoxy) is 1. The average Bonchev–Trinajstić information content (AvgIpc) is 2.65. The van der Waals surface area contributed by atoms with Crippen LogP contribution in [-0.2, 0) is 24.8 Å². The lowest BCUT2D eigenvalue weighted by molar-refractivity contribution is 0.0223. The molecule has 1 aromatic heterocycles. The molecule has 0 saturated carbocycles. The topological polar surface area (TPSA) is 63.6 Å². The normalized spacial score (nSPS) is 18.3. The van der Waals surface area contributed by atoms with Gasteiger partial charge < -0.3 is 19.5 Å². The van der Waals surface area contributed by atoms with Crippen LogP contribution < -0.4 is 10.9 Å². The summed E-state index contributed by atoms with van der Waals surface area (Å²) in [5.74, 6) is 0. The first kappa shape index (κ1) is 21.8. The Morgan fingerprint density at radius 1 is 1.25 bits per heavy atom. The van der Waals surface area contributed by atoms with E-state index in [0.717, 1.165) is 22.3 Å². The van der Waals surface area contributed by atoms with Crippen LogP contribution in [0.1, 0.15) is 58.2 Å². The highest BCUT2D eigenvalue weighted by Gasteiger charge is 2.29. The minimum atomic E-state index is -0.540. The average molecular weight is 388 g/mol. The number of allylic oxidation sites excluding steroid dienone is 2. The Balaban J connectivity index is 0.00000136. The van der Waals surface area contributed by atoms with E-state index in [9.17, 15) is 9.59 Å². The fourth-order valence-corrected chi connectivity index (χ4v) is 3.26. The molecule has 0 fully saturated rings. The van der Waals surface area contributed by atoms with E-state index in [0.29, 0.717) is 19.5 Å². The molecule has 1 amide bonds. The second-order valence-electron chi connectivity index (χ2n) is 7.98. The zero-order valence-corrected chi connectivity index (χ0v) is 18.1.